The predicted molar refractivity (Wildman–Crippen MR) is 91.7 cm³/mol. The zero-order valence-electron chi connectivity index (χ0n) is 15.0. The maximum absolute atomic E-state index is 13.0. The van der Waals surface area contributed by atoms with E-state index in [0.29, 0.717) is 19.0 Å². The molecule has 3 rings (SSSR count). The first-order chi connectivity index (χ1) is 12.3. The van der Waals surface area contributed by atoms with Gasteiger partial charge in [-0.05, 0) is 30.7 Å². The molecule has 2 heterocycles. The summed E-state index contributed by atoms with van der Waals surface area (Å²) < 4.78 is 43.7. The molecular weight excluding hydrogens is 345 g/mol. The van der Waals surface area contributed by atoms with Crippen molar-refractivity contribution in [1.29, 1.82) is 0 Å². The molecule has 0 bridgehead atoms. The van der Waals surface area contributed by atoms with Crippen molar-refractivity contribution in [1.82, 2.24) is 9.80 Å². The molecule has 0 aromatic heterocycles. The van der Waals surface area contributed by atoms with E-state index in [1.807, 2.05) is 18.2 Å². The van der Waals surface area contributed by atoms with Crippen LogP contribution in [0.15, 0.2) is 30.3 Å². The fourth-order valence-corrected chi connectivity index (χ4v) is 3.84. The lowest BCUT2D eigenvalue weighted by molar-refractivity contribution is -0.310. The van der Waals surface area contributed by atoms with Crippen LogP contribution in [-0.4, -0.2) is 67.3 Å². The Bertz CT molecular complexity index is 607. The van der Waals surface area contributed by atoms with Crippen molar-refractivity contribution in [3.63, 3.8) is 0 Å². The van der Waals surface area contributed by atoms with Crippen LogP contribution in [-0.2, 0) is 16.0 Å². The number of benzene rings is 1. The van der Waals surface area contributed by atoms with E-state index < -0.39 is 11.8 Å². The van der Waals surface area contributed by atoms with E-state index in [2.05, 4.69) is 16.9 Å². The fourth-order valence-electron chi connectivity index (χ4n) is 3.84. The summed E-state index contributed by atoms with van der Waals surface area (Å²) in [6.45, 7) is 0.842. The molecule has 0 spiro atoms. The highest BCUT2D eigenvalue weighted by atomic mass is 19.4. The Kier molecular flexibility index (Phi) is 5.58. The molecule has 2 saturated heterocycles. The second kappa shape index (κ2) is 7.56. The first-order valence-electron chi connectivity index (χ1n) is 8.99. The smallest absolute Gasteiger partial charge is 0.366 e. The van der Waals surface area contributed by atoms with Crippen molar-refractivity contribution in [2.75, 3.05) is 39.8 Å². The van der Waals surface area contributed by atoms with E-state index in [1.165, 1.54) is 10.5 Å². The number of piperidine rings is 1. The molecule has 144 valence electrons. The van der Waals surface area contributed by atoms with Gasteiger partial charge in [-0.25, -0.2) is 0 Å². The van der Waals surface area contributed by atoms with Gasteiger partial charge in [-0.3, -0.25) is 9.69 Å². The highest BCUT2D eigenvalue weighted by Crippen LogP contribution is 2.40. The molecule has 0 aliphatic carbocycles. The molecule has 0 N–H and O–H groups in total. The standard InChI is InChI=1S/C19H25F3N2O2/c1-26-18(19(20,21)22)13-23(14-18)12-17(25)24-9-7-16(8-10-24)11-15-5-3-2-4-6-15/h2-6,16H,7-14H2,1H3. The minimum atomic E-state index is -4.41. The lowest BCUT2D eigenvalue weighted by Gasteiger charge is -2.49. The fraction of sp³-hybridized carbons (Fsp3) is 0.632. The molecular formula is C19H25F3N2O2. The largest absolute Gasteiger partial charge is 0.419 e. The van der Waals surface area contributed by atoms with Crippen LogP contribution in [0, 0.1) is 5.92 Å². The van der Waals surface area contributed by atoms with Crippen molar-refractivity contribution in [3.8, 4) is 0 Å². The topological polar surface area (TPSA) is 32.8 Å². The first-order valence-corrected chi connectivity index (χ1v) is 8.99. The van der Waals surface area contributed by atoms with Crippen molar-refractivity contribution >= 4 is 5.91 Å². The molecule has 1 amide bonds. The number of hydrogen-bond donors (Lipinski definition) is 0. The van der Waals surface area contributed by atoms with Crippen molar-refractivity contribution < 1.29 is 22.7 Å². The van der Waals surface area contributed by atoms with Gasteiger partial charge >= 0.3 is 6.18 Å². The molecule has 4 nitrogen and oxygen atoms in total. The number of carbonyl (C=O) groups is 1. The van der Waals surface area contributed by atoms with Gasteiger partial charge in [-0.15, -0.1) is 0 Å². The van der Waals surface area contributed by atoms with E-state index in [4.69, 9.17) is 0 Å². The van der Waals surface area contributed by atoms with Crippen LogP contribution in [0.2, 0.25) is 0 Å². The summed E-state index contributed by atoms with van der Waals surface area (Å²) >= 11 is 0. The second-order valence-corrected chi connectivity index (χ2v) is 7.36. The lowest BCUT2D eigenvalue weighted by Crippen LogP contribution is -2.71. The number of carbonyl (C=O) groups excluding carboxylic acids is 1. The van der Waals surface area contributed by atoms with Gasteiger partial charge < -0.3 is 9.64 Å². The monoisotopic (exact) mass is 370 g/mol. The van der Waals surface area contributed by atoms with E-state index in [-0.39, 0.29) is 25.5 Å². The maximum atomic E-state index is 13.0. The molecule has 1 aromatic carbocycles. The minimum absolute atomic E-state index is 0.0323. The Balaban J connectivity index is 1.42. The number of nitrogens with zero attached hydrogens (tertiary/aromatic N) is 2. The summed E-state index contributed by atoms with van der Waals surface area (Å²) in [6.07, 6.45) is -1.52. The van der Waals surface area contributed by atoms with Crippen LogP contribution in [0.25, 0.3) is 0 Å². The summed E-state index contributed by atoms with van der Waals surface area (Å²) in [5.41, 5.74) is -0.809. The van der Waals surface area contributed by atoms with E-state index in [1.54, 1.807) is 4.90 Å². The SMILES string of the molecule is COC1(C(F)(F)F)CN(CC(=O)N2CCC(Cc3ccccc3)CC2)C1. The summed E-state index contributed by atoms with van der Waals surface area (Å²) in [4.78, 5) is 15.7. The Hall–Kier alpha value is -1.60. The van der Waals surface area contributed by atoms with E-state index in [0.717, 1.165) is 26.4 Å². The van der Waals surface area contributed by atoms with Gasteiger partial charge in [-0.2, -0.15) is 13.2 Å². The Morgan fingerprint density at radius 1 is 1.19 bits per heavy atom. The van der Waals surface area contributed by atoms with Crippen LogP contribution in [0.4, 0.5) is 13.2 Å². The Labute approximate surface area is 151 Å². The lowest BCUT2D eigenvalue weighted by atomic mass is 9.90. The average molecular weight is 370 g/mol. The number of alkyl halides is 3. The molecule has 26 heavy (non-hydrogen) atoms. The Morgan fingerprint density at radius 3 is 2.35 bits per heavy atom. The highest BCUT2D eigenvalue weighted by molar-refractivity contribution is 5.78. The van der Waals surface area contributed by atoms with E-state index in [9.17, 15) is 18.0 Å². The minimum Gasteiger partial charge on any atom is -0.366 e. The number of amides is 1. The summed E-state index contributed by atoms with van der Waals surface area (Å²) in [7, 11) is 1.07. The zero-order valence-corrected chi connectivity index (χ0v) is 15.0. The zero-order chi connectivity index (χ0) is 18.8. The third-order valence-corrected chi connectivity index (χ3v) is 5.56. The molecule has 1 aromatic rings. The van der Waals surface area contributed by atoms with Crippen LogP contribution >= 0.6 is 0 Å². The van der Waals surface area contributed by atoms with Gasteiger partial charge in [0.2, 0.25) is 5.91 Å². The van der Waals surface area contributed by atoms with Gasteiger partial charge in [0.05, 0.1) is 6.54 Å². The summed E-state index contributed by atoms with van der Waals surface area (Å²) in [5, 5.41) is 0. The van der Waals surface area contributed by atoms with Crippen LogP contribution in [0.1, 0.15) is 18.4 Å². The molecule has 0 radical (unpaired) electrons. The third kappa shape index (κ3) is 4.04. The van der Waals surface area contributed by atoms with Crippen LogP contribution in [0.5, 0.6) is 0 Å². The average Bonchev–Trinajstić information content (AvgIpc) is 2.58. The first kappa shape index (κ1) is 19.2. The van der Waals surface area contributed by atoms with Gasteiger partial charge in [-0.1, -0.05) is 30.3 Å². The predicted octanol–water partition coefficient (Wildman–Crippen LogP) is 2.73. The molecule has 0 saturated carbocycles. The van der Waals surface area contributed by atoms with Crippen molar-refractivity contribution in [2.24, 2.45) is 5.92 Å². The number of rotatable bonds is 5. The van der Waals surface area contributed by atoms with Crippen molar-refractivity contribution in [2.45, 2.75) is 31.0 Å². The molecule has 2 fully saturated rings. The second-order valence-electron chi connectivity index (χ2n) is 7.36. The third-order valence-electron chi connectivity index (χ3n) is 5.56. The van der Waals surface area contributed by atoms with Crippen molar-refractivity contribution in [3.05, 3.63) is 35.9 Å². The molecule has 7 heteroatoms. The van der Waals surface area contributed by atoms with Gasteiger partial charge in [0, 0.05) is 33.3 Å². The molecule has 2 aliphatic rings. The number of hydrogen-bond acceptors (Lipinski definition) is 3. The van der Waals surface area contributed by atoms with Gasteiger partial charge in [0.1, 0.15) is 0 Å². The number of likely N-dealkylation sites (tertiary alicyclic amines) is 2. The van der Waals surface area contributed by atoms with Gasteiger partial charge in [0.15, 0.2) is 5.60 Å². The van der Waals surface area contributed by atoms with E-state index >= 15 is 0 Å². The summed E-state index contributed by atoms with van der Waals surface area (Å²) in [6, 6.07) is 10.3. The molecule has 0 unspecified atom stereocenters. The maximum Gasteiger partial charge on any atom is 0.419 e. The normalized spacial score (nSPS) is 21.5. The Morgan fingerprint density at radius 2 is 1.81 bits per heavy atom. The quantitative estimate of drug-likeness (QED) is 0.799. The molecule has 0 atom stereocenters. The number of ether oxygens (including phenoxy) is 1. The number of methoxy groups -OCH3 is 1. The number of halogens is 3. The van der Waals surface area contributed by atoms with Crippen LogP contribution < -0.4 is 0 Å². The van der Waals surface area contributed by atoms with Gasteiger partial charge in [0.25, 0.3) is 0 Å². The molecule has 2 aliphatic heterocycles. The highest BCUT2D eigenvalue weighted by Gasteiger charge is 2.62. The summed E-state index contributed by atoms with van der Waals surface area (Å²) in [5.74, 6) is 0.465. The van der Waals surface area contributed by atoms with Crippen LogP contribution in [0.3, 0.4) is 0 Å².